The molecule has 1 N–H and O–H groups in total. The van der Waals surface area contributed by atoms with Crippen LogP contribution in [-0.4, -0.2) is 39.3 Å². The van der Waals surface area contributed by atoms with Crippen LogP contribution in [0.15, 0.2) is 6.20 Å². The Hall–Kier alpha value is -1.43. The Balaban J connectivity index is 2.35. The Bertz CT molecular complexity index is 384. The summed E-state index contributed by atoms with van der Waals surface area (Å²) >= 11 is 0. The SMILES string of the molecule is COC(C(=O)O)C1(c2cnnn2C)CC1. The smallest absolute Gasteiger partial charge is 0.333 e. The maximum absolute atomic E-state index is 11.0. The summed E-state index contributed by atoms with van der Waals surface area (Å²) in [5.74, 6) is -0.934. The zero-order chi connectivity index (χ0) is 11.1. The number of aliphatic carboxylic acids is 1. The van der Waals surface area contributed by atoms with Crippen LogP contribution in [0.3, 0.4) is 0 Å². The van der Waals surface area contributed by atoms with Gasteiger partial charge in [-0.2, -0.15) is 0 Å². The van der Waals surface area contributed by atoms with Crippen molar-refractivity contribution in [2.45, 2.75) is 24.4 Å². The molecule has 6 nitrogen and oxygen atoms in total. The van der Waals surface area contributed by atoms with Crippen LogP contribution in [0.25, 0.3) is 0 Å². The molecule has 1 unspecified atom stereocenters. The van der Waals surface area contributed by atoms with Crippen molar-refractivity contribution in [1.82, 2.24) is 15.0 Å². The summed E-state index contributed by atoms with van der Waals surface area (Å²) in [6.07, 6.45) is 2.41. The number of carboxylic acid groups (broad SMARTS) is 1. The van der Waals surface area contributed by atoms with E-state index in [2.05, 4.69) is 10.3 Å². The predicted octanol–water partition coefficient (Wildman–Crippen LogP) is -0.0537. The lowest BCUT2D eigenvalue weighted by atomic mass is 9.95. The van der Waals surface area contributed by atoms with E-state index in [1.165, 1.54) is 7.11 Å². The number of carboxylic acids is 1. The molecule has 1 aromatic rings. The molecule has 2 rings (SSSR count). The molecule has 0 radical (unpaired) electrons. The molecule has 0 amide bonds. The molecule has 1 aliphatic carbocycles. The van der Waals surface area contributed by atoms with E-state index in [1.54, 1.807) is 17.9 Å². The summed E-state index contributed by atoms with van der Waals surface area (Å²) in [6, 6.07) is 0. The van der Waals surface area contributed by atoms with Crippen molar-refractivity contribution in [2.75, 3.05) is 7.11 Å². The minimum atomic E-state index is -0.934. The van der Waals surface area contributed by atoms with Crippen molar-refractivity contribution >= 4 is 5.97 Å². The number of aromatic nitrogens is 3. The first kappa shape index (κ1) is 10.1. The Morgan fingerprint density at radius 2 is 2.40 bits per heavy atom. The fraction of sp³-hybridized carbons (Fsp3) is 0.667. The fourth-order valence-electron chi connectivity index (χ4n) is 2.09. The van der Waals surface area contributed by atoms with Crippen molar-refractivity contribution in [2.24, 2.45) is 7.05 Å². The van der Waals surface area contributed by atoms with E-state index in [-0.39, 0.29) is 0 Å². The van der Waals surface area contributed by atoms with Crippen molar-refractivity contribution in [3.05, 3.63) is 11.9 Å². The second kappa shape index (κ2) is 3.30. The van der Waals surface area contributed by atoms with Gasteiger partial charge in [0.05, 0.1) is 17.3 Å². The van der Waals surface area contributed by atoms with E-state index in [1.807, 2.05) is 0 Å². The average molecular weight is 211 g/mol. The molecule has 1 fully saturated rings. The van der Waals surface area contributed by atoms with E-state index in [9.17, 15) is 4.79 Å². The molecule has 82 valence electrons. The Morgan fingerprint density at radius 1 is 1.73 bits per heavy atom. The molecule has 1 aromatic heterocycles. The molecule has 0 saturated heterocycles. The van der Waals surface area contributed by atoms with Crippen molar-refractivity contribution in [3.63, 3.8) is 0 Å². The number of ether oxygens (including phenoxy) is 1. The van der Waals surface area contributed by atoms with Crippen LogP contribution >= 0.6 is 0 Å². The highest BCUT2D eigenvalue weighted by Gasteiger charge is 2.56. The van der Waals surface area contributed by atoms with Crippen LogP contribution in [0.4, 0.5) is 0 Å². The van der Waals surface area contributed by atoms with E-state index < -0.39 is 17.5 Å². The third kappa shape index (κ3) is 1.41. The summed E-state index contributed by atoms with van der Waals surface area (Å²) in [4.78, 5) is 11.0. The number of aryl methyl sites for hydroxylation is 1. The van der Waals surface area contributed by atoms with Gasteiger partial charge in [-0.1, -0.05) is 5.21 Å². The van der Waals surface area contributed by atoms with E-state index in [0.29, 0.717) is 0 Å². The molecule has 1 heterocycles. The highest BCUT2D eigenvalue weighted by Crippen LogP contribution is 2.51. The molecule has 15 heavy (non-hydrogen) atoms. The van der Waals surface area contributed by atoms with Crippen LogP contribution in [-0.2, 0) is 22.0 Å². The lowest BCUT2D eigenvalue weighted by molar-refractivity contribution is -0.150. The quantitative estimate of drug-likeness (QED) is 0.755. The topological polar surface area (TPSA) is 77.2 Å². The maximum atomic E-state index is 11.0. The monoisotopic (exact) mass is 211 g/mol. The molecule has 1 atom stereocenters. The van der Waals surface area contributed by atoms with Crippen LogP contribution in [0.5, 0.6) is 0 Å². The third-order valence-electron chi connectivity index (χ3n) is 2.98. The minimum Gasteiger partial charge on any atom is -0.479 e. The standard InChI is InChI=1S/C9H13N3O3/c1-12-6(5-10-11-12)9(3-4-9)7(15-2)8(13)14/h5,7H,3-4H2,1-2H3,(H,13,14). The fourth-order valence-corrected chi connectivity index (χ4v) is 2.09. The normalized spacial score (nSPS) is 19.9. The highest BCUT2D eigenvalue weighted by molar-refractivity contribution is 5.75. The van der Waals surface area contributed by atoms with Crippen molar-refractivity contribution < 1.29 is 14.6 Å². The third-order valence-corrected chi connectivity index (χ3v) is 2.98. The van der Waals surface area contributed by atoms with Gasteiger partial charge in [0.2, 0.25) is 0 Å². The van der Waals surface area contributed by atoms with E-state index in [0.717, 1.165) is 18.5 Å². The maximum Gasteiger partial charge on any atom is 0.333 e. The van der Waals surface area contributed by atoms with Gasteiger partial charge in [0, 0.05) is 14.2 Å². The molecule has 6 heteroatoms. The van der Waals surface area contributed by atoms with Gasteiger partial charge in [-0.05, 0) is 12.8 Å². The first-order valence-electron chi connectivity index (χ1n) is 4.72. The molecule has 0 spiro atoms. The average Bonchev–Trinajstić information content (AvgIpc) is 2.83. The summed E-state index contributed by atoms with van der Waals surface area (Å²) in [7, 11) is 3.18. The summed E-state index contributed by atoms with van der Waals surface area (Å²) in [5.41, 5.74) is 0.399. The van der Waals surface area contributed by atoms with Crippen LogP contribution in [0.1, 0.15) is 18.5 Å². The van der Waals surface area contributed by atoms with Crippen LogP contribution in [0.2, 0.25) is 0 Å². The second-order valence-electron chi connectivity index (χ2n) is 3.85. The lowest BCUT2D eigenvalue weighted by Gasteiger charge is -2.21. The van der Waals surface area contributed by atoms with E-state index in [4.69, 9.17) is 9.84 Å². The Morgan fingerprint density at radius 3 is 2.73 bits per heavy atom. The molecule has 1 saturated carbocycles. The molecule has 0 aromatic carbocycles. The Labute approximate surface area is 86.8 Å². The van der Waals surface area contributed by atoms with Gasteiger partial charge in [0.25, 0.3) is 0 Å². The largest absolute Gasteiger partial charge is 0.479 e. The number of hydrogen-bond donors (Lipinski definition) is 1. The van der Waals surface area contributed by atoms with Gasteiger partial charge in [-0.3, -0.25) is 4.68 Å². The number of hydrogen-bond acceptors (Lipinski definition) is 4. The van der Waals surface area contributed by atoms with Gasteiger partial charge in [0.1, 0.15) is 0 Å². The Kier molecular flexibility index (Phi) is 2.22. The van der Waals surface area contributed by atoms with Gasteiger partial charge in [-0.25, -0.2) is 4.79 Å². The molecule has 1 aliphatic rings. The molecule has 0 bridgehead atoms. The molecular weight excluding hydrogens is 198 g/mol. The van der Waals surface area contributed by atoms with Gasteiger partial charge in [0.15, 0.2) is 6.10 Å². The zero-order valence-electron chi connectivity index (χ0n) is 8.67. The summed E-state index contributed by atoms with van der Waals surface area (Å²) in [5, 5.41) is 16.6. The van der Waals surface area contributed by atoms with Crippen molar-refractivity contribution in [1.29, 1.82) is 0 Å². The second-order valence-corrected chi connectivity index (χ2v) is 3.85. The van der Waals surface area contributed by atoms with Crippen molar-refractivity contribution in [3.8, 4) is 0 Å². The first-order valence-corrected chi connectivity index (χ1v) is 4.72. The first-order chi connectivity index (χ1) is 7.12. The van der Waals surface area contributed by atoms with Gasteiger partial charge >= 0.3 is 5.97 Å². The highest BCUT2D eigenvalue weighted by atomic mass is 16.5. The van der Waals surface area contributed by atoms with Gasteiger partial charge in [-0.15, -0.1) is 5.10 Å². The number of rotatable bonds is 4. The summed E-state index contributed by atoms with van der Waals surface area (Å²) < 4.78 is 6.66. The number of methoxy groups -OCH3 is 1. The lowest BCUT2D eigenvalue weighted by Crippen LogP contribution is -2.37. The predicted molar refractivity (Wildman–Crippen MR) is 50.3 cm³/mol. The number of carbonyl (C=O) groups is 1. The number of nitrogens with zero attached hydrogens (tertiary/aromatic N) is 3. The zero-order valence-corrected chi connectivity index (χ0v) is 8.67. The summed E-state index contributed by atoms with van der Waals surface area (Å²) in [6.45, 7) is 0. The van der Waals surface area contributed by atoms with Crippen LogP contribution < -0.4 is 0 Å². The van der Waals surface area contributed by atoms with E-state index >= 15 is 0 Å². The molecule has 0 aliphatic heterocycles. The van der Waals surface area contributed by atoms with Crippen LogP contribution in [0, 0.1) is 0 Å². The van der Waals surface area contributed by atoms with Gasteiger partial charge < -0.3 is 9.84 Å². The minimum absolute atomic E-state index is 0.432. The molecular formula is C9H13N3O3.